The van der Waals surface area contributed by atoms with Crippen molar-refractivity contribution in [3.8, 4) is 0 Å². The highest BCUT2D eigenvalue weighted by atomic mass is 79.9. The summed E-state index contributed by atoms with van der Waals surface area (Å²) in [5, 5.41) is 3.54. The van der Waals surface area contributed by atoms with Gasteiger partial charge in [-0.2, -0.15) is 0 Å². The number of hydrogen-bond acceptors (Lipinski definition) is 3. The van der Waals surface area contributed by atoms with Gasteiger partial charge in [-0.15, -0.1) is 0 Å². The molecule has 1 saturated carbocycles. The lowest BCUT2D eigenvalue weighted by Gasteiger charge is -2.18. The van der Waals surface area contributed by atoms with Gasteiger partial charge in [0, 0.05) is 23.4 Å². The summed E-state index contributed by atoms with van der Waals surface area (Å²) in [5.41, 5.74) is 1.35. The second-order valence-electron chi connectivity index (χ2n) is 6.65. The number of anilines is 1. The van der Waals surface area contributed by atoms with Crippen LogP contribution in [0.3, 0.4) is 0 Å². The molecule has 0 saturated heterocycles. The molecule has 2 unspecified atom stereocenters. The molecular formula is C17H20BrN3. The fourth-order valence-corrected chi connectivity index (χ4v) is 2.82. The largest absolute Gasteiger partial charge is 0.367 e. The Labute approximate surface area is 134 Å². The van der Waals surface area contributed by atoms with Gasteiger partial charge in [-0.1, -0.05) is 51.1 Å². The molecule has 1 aromatic heterocycles. The minimum atomic E-state index is -0.0530. The van der Waals surface area contributed by atoms with E-state index in [1.54, 1.807) is 0 Å². The van der Waals surface area contributed by atoms with Crippen molar-refractivity contribution < 1.29 is 0 Å². The smallest absolute Gasteiger partial charge is 0.137 e. The van der Waals surface area contributed by atoms with Crippen molar-refractivity contribution in [3.05, 3.63) is 52.4 Å². The zero-order chi connectivity index (χ0) is 15.0. The second-order valence-corrected chi connectivity index (χ2v) is 7.47. The Morgan fingerprint density at radius 2 is 1.86 bits per heavy atom. The average molecular weight is 346 g/mol. The number of halogens is 1. The Balaban J connectivity index is 1.74. The van der Waals surface area contributed by atoms with Crippen LogP contribution in [0.4, 0.5) is 5.82 Å². The topological polar surface area (TPSA) is 37.8 Å². The van der Waals surface area contributed by atoms with Crippen LogP contribution in [0.15, 0.2) is 41.0 Å². The quantitative estimate of drug-likeness (QED) is 0.832. The maximum atomic E-state index is 4.66. The van der Waals surface area contributed by atoms with E-state index >= 15 is 0 Å². The standard InChI is InChI=1S/C17H20BrN3/c1-17(2,3)16-20-14(18)10-15(21-16)19-13-9-12(13)11-7-5-4-6-8-11/h4-8,10,12-13H,9H2,1-3H3,(H,19,20,21). The van der Waals surface area contributed by atoms with E-state index in [1.165, 1.54) is 5.56 Å². The van der Waals surface area contributed by atoms with Gasteiger partial charge in [0.2, 0.25) is 0 Å². The minimum Gasteiger partial charge on any atom is -0.367 e. The summed E-state index contributed by atoms with van der Waals surface area (Å²) in [6, 6.07) is 13.1. The van der Waals surface area contributed by atoms with Crippen LogP contribution in [-0.2, 0) is 5.41 Å². The van der Waals surface area contributed by atoms with Crippen molar-refractivity contribution in [2.75, 3.05) is 5.32 Å². The molecule has 1 aliphatic rings. The van der Waals surface area contributed by atoms with E-state index in [0.29, 0.717) is 12.0 Å². The molecule has 0 radical (unpaired) electrons. The number of rotatable bonds is 3. The Bertz CT molecular complexity index is 634. The van der Waals surface area contributed by atoms with Crippen LogP contribution in [0.5, 0.6) is 0 Å². The molecule has 110 valence electrons. The zero-order valence-corrected chi connectivity index (χ0v) is 14.2. The van der Waals surface area contributed by atoms with Crippen molar-refractivity contribution in [1.29, 1.82) is 0 Å². The highest BCUT2D eigenvalue weighted by Crippen LogP contribution is 2.42. The van der Waals surface area contributed by atoms with Gasteiger partial charge in [-0.3, -0.25) is 0 Å². The van der Waals surface area contributed by atoms with Gasteiger partial charge in [0.25, 0.3) is 0 Å². The van der Waals surface area contributed by atoms with Gasteiger partial charge in [0.1, 0.15) is 16.2 Å². The van der Waals surface area contributed by atoms with E-state index in [-0.39, 0.29) is 5.41 Å². The third-order valence-electron chi connectivity index (χ3n) is 3.72. The van der Waals surface area contributed by atoms with Gasteiger partial charge < -0.3 is 5.32 Å². The molecule has 21 heavy (non-hydrogen) atoms. The molecule has 3 nitrogen and oxygen atoms in total. The summed E-state index contributed by atoms with van der Waals surface area (Å²) < 4.78 is 0.835. The van der Waals surface area contributed by atoms with Crippen LogP contribution in [0.1, 0.15) is 44.5 Å². The maximum absolute atomic E-state index is 4.66. The normalized spacial score (nSPS) is 21.1. The highest BCUT2D eigenvalue weighted by Gasteiger charge is 2.38. The van der Waals surface area contributed by atoms with E-state index in [4.69, 9.17) is 0 Å². The number of hydrogen-bond donors (Lipinski definition) is 1. The van der Waals surface area contributed by atoms with Crippen molar-refractivity contribution in [1.82, 2.24) is 9.97 Å². The summed E-state index contributed by atoms with van der Waals surface area (Å²) >= 11 is 3.48. The SMILES string of the molecule is CC(C)(C)c1nc(Br)cc(NC2CC2c2ccccc2)n1. The van der Waals surface area contributed by atoms with Crippen LogP contribution in [0.25, 0.3) is 0 Å². The van der Waals surface area contributed by atoms with E-state index in [0.717, 1.165) is 22.7 Å². The van der Waals surface area contributed by atoms with Crippen LogP contribution in [-0.4, -0.2) is 16.0 Å². The summed E-state index contributed by atoms with van der Waals surface area (Å²) in [5.74, 6) is 2.36. The molecule has 2 atom stereocenters. The number of nitrogens with zero attached hydrogens (tertiary/aromatic N) is 2. The summed E-state index contributed by atoms with van der Waals surface area (Å²) in [4.78, 5) is 9.14. The van der Waals surface area contributed by atoms with Crippen LogP contribution in [0.2, 0.25) is 0 Å². The Morgan fingerprint density at radius 1 is 1.14 bits per heavy atom. The Hall–Kier alpha value is -1.42. The fourth-order valence-electron chi connectivity index (χ4n) is 2.44. The zero-order valence-electron chi connectivity index (χ0n) is 12.6. The van der Waals surface area contributed by atoms with Crippen LogP contribution < -0.4 is 5.32 Å². The molecule has 4 heteroatoms. The molecular weight excluding hydrogens is 326 g/mol. The molecule has 0 amide bonds. The third-order valence-corrected chi connectivity index (χ3v) is 4.12. The second kappa shape index (κ2) is 5.41. The summed E-state index contributed by atoms with van der Waals surface area (Å²) in [7, 11) is 0. The number of benzene rings is 1. The van der Waals surface area contributed by atoms with Crippen molar-refractivity contribution in [2.24, 2.45) is 0 Å². The molecule has 1 heterocycles. The van der Waals surface area contributed by atoms with Crippen LogP contribution in [0, 0.1) is 0 Å². The first-order valence-electron chi connectivity index (χ1n) is 7.30. The van der Waals surface area contributed by atoms with E-state index < -0.39 is 0 Å². The lowest BCUT2D eigenvalue weighted by atomic mass is 9.96. The Morgan fingerprint density at radius 3 is 2.52 bits per heavy atom. The molecule has 1 aliphatic carbocycles. The molecule has 3 rings (SSSR count). The predicted molar refractivity (Wildman–Crippen MR) is 89.6 cm³/mol. The molecule has 0 spiro atoms. The highest BCUT2D eigenvalue weighted by molar-refractivity contribution is 9.10. The van der Waals surface area contributed by atoms with E-state index in [9.17, 15) is 0 Å². The average Bonchev–Trinajstić information content (AvgIpc) is 3.17. The van der Waals surface area contributed by atoms with Crippen LogP contribution >= 0.6 is 15.9 Å². The number of aromatic nitrogens is 2. The van der Waals surface area contributed by atoms with Crippen molar-refractivity contribution in [3.63, 3.8) is 0 Å². The van der Waals surface area contributed by atoms with Crippen molar-refractivity contribution in [2.45, 2.75) is 44.6 Å². The van der Waals surface area contributed by atoms with E-state index in [1.807, 2.05) is 6.07 Å². The Kier molecular flexibility index (Phi) is 3.74. The first-order chi connectivity index (χ1) is 9.93. The van der Waals surface area contributed by atoms with Gasteiger partial charge >= 0.3 is 0 Å². The summed E-state index contributed by atoms with van der Waals surface area (Å²) in [6.07, 6.45) is 1.16. The lowest BCUT2D eigenvalue weighted by molar-refractivity contribution is 0.544. The summed E-state index contributed by atoms with van der Waals surface area (Å²) in [6.45, 7) is 6.38. The monoisotopic (exact) mass is 345 g/mol. The third kappa shape index (κ3) is 3.43. The first-order valence-corrected chi connectivity index (χ1v) is 8.09. The van der Waals surface area contributed by atoms with E-state index in [2.05, 4.69) is 82.3 Å². The van der Waals surface area contributed by atoms with Gasteiger partial charge in [-0.25, -0.2) is 9.97 Å². The predicted octanol–water partition coefficient (Wildman–Crippen LogP) is 4.50. The van der Waals surface area contributed by atoms with Gasteiger partial charge in [-0.05, 0) is 27.9 Å². The molecule has 0 bridgehead atoms. The number of nitrogens with one attached hydrogen (secondary N) is 1. The maximum Gasteiger partial charge on any atom is 0.137 e. The van der Waals surface area contributed by atoms with Gasteiger partial charge in [0.05, 0.1) is 0 Å². The molecule has 1 fully saturated rings. The fraction of sp³-hybridized carbons (Fsp3) is 0.412. The van der Waals surface area contributed by atoms with Crippen molar-refractivity contribution >= 4 is 21.7 Å². The molecule has 2 aromatic rings. The first kappa shape index (κ1) is 14.5. The lowest BCUT2D eigenvalue weighted by Crippen LogP contribution is -2.18. The minimum absolute atomic E-state index is 0.0530. The molecule has 0 aliphatic heterocycles. The van der Waals surface area contributed by atoms with Gasteiger partial charge in [0.15, 0.2) is 0 Å². The molecule has 1 aromatic carbocycles. The molecule has 1 N–H and O–H groups in total.